The van der Waals surface area contributed by atoms with Crippen molar-refractivity contribution in [2.24, 2.45) is 5.92 Å². The highest BCUT2D eigenvalue weighted by atomic mass is 16.5. The van der Waals surface area contributed by atoms with Gasteiger partial charge in [-0.25, -0.2) is 0 Å². The fourth-order valence-corrected chi connectivity index (χ4v) is 2.61. The first kappa shape index (κ1) is 14.5. The molecule has 1 aromatic heterocycles. The van der Waals surface area contributed by atoms with Crippen LogP contribution in [0.5, 0.6) is 0 Å². The van der Waals surface area contributed by atoms with Crippen LogP contribution < -0.4 is 0 Å². The number of aliphatic hydroxyl groups is 1. The molecule has 1 N–H and O–H groups in total. The molecule has 1 saturated heterocycles. The third-order valence-electron chi connectivity index (χ3n) is 3.85. The van der Waals surface area contributed by atoms with Crippen molar-refractivity contribution in [1.29, 1.82) is 0 Å². The maximum absolute atomic E-state index is 9.68. The second-order valence-electron chi connectivity index (χ2n) is 5.59. The zero-order chi connectivity index (χ0) is 13.7. The Bertz CT molecular complexity index is 379. The Labute approximate surface area is 115 Å². The topological polar surface area (TPSA) is 62.4 Å². The zero-order valence-corrected chi connectivity index (χ0v) is 12.0. The molecule has 5 heteroatoms. The molecule has 0 spiro atoms. The number of rotatable bonds is 6. The molecular formula is C14H25N3O2. The quantitative estimate of drug-likeness (QED) is 0.854. The van der Waals surface area contributed by atoms with Gasteiger partial charge < -0.3 is 9.63 Å². The minimum absolute atomic E-state index is 0.231. The predicted molar refractivity (Wildman–Crippen MR) is 72.6 cm³/mol. The van der Waals surface area contributed by atoms with Crippen molar-refractivity contribution in [2.75, 3.05) is 13.1 Å². The second kappa shape index (κ2) is 7.01. The highest BCUT2D eigenvalue weighted by Crippen LogP contribution is 2.21. The van der Waals surface area contributed by atoms with Crippen molar-refractivity contribution in [2.45, 2.75) is 58.6 Å². The Hall–Kier alpha value is -0.940. The lowest BCUT2D eigenvalue weighted by molar-refractivity contribution is 0.0556. The molecule has 1 aliphatic rings. The van der Waals surface area contributed by atoms with Crippen LogP contribution in [0, 0.1) is 5.92 Å². The van der Waals surface area contributed by atoms with Gasteiger partial charge in [0.2, 0.25) is 5.89 Å². The molecule has 1 aromatic rings. The molecule has 0 aromatic carbocycles. The summed E-state index contributed by atoms with van der Waals surface area (Å²) in [5.41, 5.74) is 0. The third-order valence-corrected chi connectivity index (χ3v) is 3.85. The van der Waals surface area contributed by atoms with Crippen LogP contribution in [0.15, 0.2) is 4.52 Å². The van der Waals surface area contributed by atoms with Gasteiger partial charge in [0.25, 0.3) is 0 Å². The van der Waals surface area contributed by atoms with Gasteiger partial charge in [-0.1, -0.05) is 18.5 Å². The fraction of sp³-hybridized carbons (Fsp3) is 0.857. The maximum atomic E-state index is 9.68. The third kappa shape index (κ3) is 4.28. The zero-order valence-electron chi connectivity index (χ0n) is 12.0. The van der Waals surface area contributed by atoms with E-state index in [1.165, 1.54) is 0 Å². The molecule has 2 rings (SSSR count). The molecule has 19 heavy (non-hydrogen) atoms. The van der Waals surface area contributed by atoms with Gasteiger partial charge in [-0.3, -0.25) is 4.90 Å². The molecule has 1 fully saturated rings. The van der Waals surface area contributed by atoms with Crippen LogP contribution in [-0.4, -0.2) is 39.3 Å². The van der Waals surface area contributed by atoms with Crippen molar-refractivity contribution in [1.82, 2.24) is 15.0 Å². The first-order chi connectivity index (χ1) is 9.19. The average Bonchev–Trinajstić information content (AvgIpc) is 2.84. The van der Waals surface area contributed by atoms with Crippen LogP contribution in [-0.2, 0) is 13.0 Å². The summed E-state index contributed by atoms with van der Waals surface area (Å²) in [5, 5.41) is 13.7. The summed E-state index contributed by atoms with van der Waals surface area (Å²) in [7, 11) is 0. The van der Waals surface area contributed by atoms with Gasteiger partial charge in [-0.2, -0.15) is 4.98 Å². The number of hydrogen-bond donors (Lipinski definition) is 1. The first-order valence-corrected chi connectivity index (χ1v) is 7.41. The Morgan fingerprint density at radius 3 is 3.11 bits per heavy atom. The summed E-state index contributed by atoms with van der Waals surface area (Å²) in [6.45, 7) is 6.72. The average molecular weight is 267 g/mol. The predicted octanol–water partition coefficient (Wildman–Crippen LogP) is 2.00. The monoisotopic (exact) mass is 267 g/mol. The van der Waals surface area contributed by atoms with Crippen molar-refractivity contribution in [3.63, 3.8) is 0 Å². The smallest absolute Gasteiger partial charge is 0.240 e. The molecule has 2 unspecified atom stereocenters. The molecule has 2 heterocycles. The van der Waals surface area contributed by atoms with E-state index in [1.54, 1.807) is 0 Å². The second-order valence-corrected chi connectivity index (χ2v) is 5.59. The number of piperidine rings is 1. The standard InChI is InChI=1S/C14H25N3O2/c1-3-4-7-13-15-14(19-16-13)10-17-8-5-6-12(9-17)11(2)18/h11-12,18H,3-10H2,1-2H3. The van der Waals surface area contributed by atoms with E-state index in [-0.39, 0.29) is 6.10 Å². The van der Waals surface area contributed by atoms with Crippen molar-refractivity contribution >= 4 is 0 Å². The molecule has 1 aliphatic heterocycles. The van der Waals surface area contributed by atoms with Gasteiger partial charge in [0.15, 0.2) is 5.82 Å². The summed E-state index contributed by atoms with van der Waals surface area (Å²) in [5.74, 6) is 1.90. The summed E-state index contributed by atoms with van der Waals surface area (Å²) < 4.78 is 5.29. The van der Waals surface area contributed by atoms with E-state index in [4.69, 9.17) is 4.52 Å². The number of aliphatic hydroxyl groups excluding tert-OH is 1. The molecule has 5 nitrogen and oxygen atoms in total. The molecule has 0 aliphatic carbocycles. The number of likely N-dealkylation sites (tertiary alicyclic amines) is 1. The minimum atomic E-state index is -0.231. The highest BCUT2D eigenvalue weighted by Gasteiger charge is 2.24. The lowest BCUT2D eigenvalue weighted by Gasteiger charge is -2.33. The van der Waals surface area contributed by atoms with Gasteiger partial charge in [0, 0.05) is 13.0 Å². The van der Waals surface area contributed by atoms with E-state index >= 15 is 0 Å². The number of aryl methyl sites for hydroxylation is 1. The molecule has 108 valence electrons. The fourth-order valence-electron chi connectivity index (χ4n) is 2.61. The van der Waals surface area contributed by atoms with Gasteiger partial charge in [-0.05, 0) is 38.6 Å². The SMILES string of the molecule is CCCCc1noc(CN2CCCC(C(C)O)C2)n1. The Balaban J connectivity index is 1.84. The molecule has 0 bridgehead atoms. The van der Waals surface area contributed by atoms with Crippen molar-refractivity contribution < 1.29 is 9.63 Å². The Morgan fingerprint density at radius 1 is 1.53 bits per heavy atom. The van der Waals surface area contributed by atoms with E-state index < -0.39 is 0 Å². The largest absolute Gasteiger partial charge is 0.393 e. The molecule has 0 saturated carbocycles. The van der Waals surface area contributed by atoms with E-state index in [0.29, 0.717) is 18.4 Å². The molecule has 0 amide bonds. The summed E-state index contributed by atoms with van der Waals surface area (Å²) >= 11 is 0. The minimum Gasteiger partial charge on any atom is -0.393 e. The van der Waals surface area contributed by atoms with Crippen LogP contribution in [0.25, 0.3) is 0 Å². The van der Waals surface area contributed by atoms with Crippen LogP contribution in [0.3, 0.4) is 0 Å². The Kier molecular flexibility index (Phi) is 5.34. The van der Waals surface area contributed by atoms with Crippen LogP contribution in [0.2, 0.25) is 0 Å². The molecule has 0 radical (unpaired) electrons. The number of aromatic nitrogens is 2. The number of unbranched alkanes of at least 4 members (excludes halogenated alkanes) is 1. The number of hydrogen-bond acceptors (Lipinski definition) is 5. The summed E-state index contributed by atoms with van der Waals surface area (Å²) in [6, 6.07) is 0. The van der Waals surface area contributed by atoms with Crippen LogP contribution >= 0.6 is 0 Å². The highest BCUT2D eigenvalue weighted by molar-refractivity contribution is 4.88. The lowest BCUT2D eigenvalue weighted by Crippen LogP contribution is -2.39. The number of nitrogens with zero attached hydrogens (tertiary/aromatic N) is 3. The van der Waals surface area contributed by atoms with E-state index in [9.17, 15) is 5.11 Å². The lowest BCUT2D eigenvalue weighted by atomic mass is 9.93. The van der Waals surface area contributed by atoms with Gasteiger partial charge in [0.1, 0.15) is 0 Å². The van der Waals surface area contributed by atoms with Crippen LogP contribution in [0.1, 0.15) is 51.2 Å². The normalized spacial score (nSPS) is 22.6. The maximum Gasteiger partial charge on any atom is 0.240 e. The Morgan fingerprint density at radius 2 is 2.37 bits per heavy atom. The molecular weight excluding hydrogens is 242 g/mol. The van der Waals surface area contributed by atoms with Crippen LogP contribution in [0.4, 0.5) is 0 Å². The van der Waals surface area contributed by atoms with Crippen molar-refractivity contribution in [3.05, 3.63) is 11.7 Å². The van der Waals surface area contributed by atoms with Gasteiger partial charge in [0.05, 0.1) is 12.6 Å². The van der Waals surface area contributed by atoms with E-state index in [1.807, 2.05) is 6.92 Å². The summed E-state index contributed by atoms with van der Waals surface area (Å²) in [4.78, 5) is 6.73. The first-order valence-electron chi connectivity index (χ1n) is 7.41. The van der Waals surface area contributed by atoms with E-state index in [2.05, 4.69) is 22.0 Å². The summed E-state index contributed by atoms with van der Waals surface area (Å²) in [6.07, 6.45) is 5.16. The van der Waals surface area contributed by atoms with E-state index in [0.717, 1.165) is 51.0 Å². The van der Waals surface area contributed by atoms with Gasteiger partial charge >= 0.3 is 0 Å². The van der Waals surface area contributed by atoms with Crippen molar-refractivity contribution in [3.8, 4) is 0 Å². The molecule has 2 atom stereocenters. The van der Waals surface area contributed by atoms with Gasteiger partial charge in [-0.15, -0.1) is 0 Å².